The summed E-state index contributed by atoms with van der Waals surface area (Å²) in [5, 5.41) is 7.66. The molecule has 0 saturated heterocycles. The van der Waals surface area contributed by atoms with Crippen molar-refractivity contribution in [3.05, 3.63) is 48.0 Å². The molecule has 0 fully saturated rings. The van der Waals surface area contributed by atoms with Crippen LogP contribution in [0, 0.1) is 0 Å². The first-order valence-corrected chi connectivity index (χ1v) is 6.19. The Kier molecular flexibility index (Phi) is 3.77. The van der Waals surface area contributed by atoms with Crippen molar-refractivity contribution in [1.29, 1.82) is 0 Å². The Bertz CT molecular complexity index is 483. The number of aromatic nitrogens is 3. The molecule has 1 aromatic heterocycles. The van der Waals surface area contributed by atoms with Gasteiger partial charge >= 0.3 is 0 Å². The van der Waals surface area contributed by atoms with Crippen molar-refractivity contribution in [2.45, 2.75) is 39.4 Å². The van der Waals surface area contributed by atoms with Crippen LogP contribution in [0.15, 0.2) is 36.9 Å². The van der Waals surface area contributed by atoms with Crippen molar-refractivity contribution >= 4 is 0 Å². The Morgan fingerprint density at radius 1 is 1.17 bits per heavy atom. The predicted octanol–water partition coefficient (Wildman–Crippen LogP) is 2.21. The Labute approximate surface area is 108 Å². The number of rotatable bonds is 4. The van der Waals surface area contributed by atoms with Crippen LogP contribution in [0.5, 0.6) is 0 Å². The number of hydrogen-bond donors (Lipinski definition) is 1. The minimum Gasteiger partial charge on any atom is -0.308 e. The highest BCUT2D eigenvalue weighted by Crippen LogP contribution is 2.11. The van der Waals surface area contributed by atoms with Crippen LogP contribution < -0.4 is 5.32 Å². The van der Waals surface area contributed by atoms with E-state index in [0.29, 0.717) is 0 Å². The Balaban J connectivity index is 2.10. The molecule has 0 radical (unpaired) electrons. The number of nitrogens with zero attached hydrogens (tertiary/aromatic N) is 3. The minimum atomic E-state index is 0.125. The van der Waals surface area contributed by atoms with Crippen LogP contribution in [0.4, 0.5) is 0 Å². The van der Waals surface area contributed by atoms with Crippen molar-refractivity contribution in [3.63, 3.8) is 0 Å². The Hall–Kier alpha value is -1.68. The highest BCUT2D eigenvalue weighted by Gasteiger charge is 2.10. The standard InChI is InChI=1S/C14H20N4/c1-14(2,3)16-8-12-6-4-5-7-13(12)9-18-11-15-10-17-18/h4-7,10-11,16H,8-9H2,1-3H3. The first-order chi connectivity index (χ1) is 8.54. The molecule has 2 aromatic rings. The van der Waals surface area contributed by atoms with E-state index >= 15 is 0 Å². The van der Waals surface area contributed by atoms with Gasteiger partial charge in [-0.15, -0.1) is 0 Å². The summed E-state index contributed by atoms with van der Waals surface area (Å²) in [5.41, 5.74) is 2.71. The van der Waals surface area contributed by atoms with Crippen LogP contribution in [-0.4, -0.2) is 20.3 Å². The van der Waals surface area contributed by atoms with Gasteiger partial charge in [-0.25, -0.2) is 9.67 Å². The zero-order valence-electron chi connectivity index (χ0n) is 11.2. The van der Waals surface area contributed by atoms with Gasteiger partial charge in [0.05, 0.1) is 6.54 Å². The summed E-state index contributed by atoms with van der Waals surface area (Å²) in [6, 6.07) is 8.43. The summed E-state index contributed by atoms with van der Waals surface area (Å²) in [5.74, 6) is 0. The van der Waals surface area contributed by atoms with Gasteiger partial charge in [0.1, 0.15) is 12.7 Å². The minimum absolute atomic E-state index is 0.125. The maximum absolute atomic E-state index is 4.15. The topological polar surface area (TPSA) is 42.7 Å². The van der Waals surface area contributed by atoms with Crippen LogP contribution in [0.3, 0.4) is 0 Å². The molecule has 0 aliphatic rings. The summed E-state index contributed by atoms with van der Waals surface area (Å²) < 4.78 is 1.84. The van der Waals surface area contributed by atoms with Gasteiger partial charge in [0.15, 0.2) is 0 Å². The largest absolute Gasteiger partial charge is 0.308 e. The van der Waals surface area contributed by atoms with E-state index in [0.717, 1.165) is 13.1 Å². The van der Waals surface area contributed by atoms with Gasteiger partial charge in [-0.1, -0.05) is 24.3 Å². The molecule has 96 valence electrons. The number of nitrogens with one attached hydrogen (secondary N) is 1. The summed E-state index contributed by atoms with van der Waals surface area (Å²) in [7, 11) is 0. The Morgan fingerprint density at radius 3 is 2.50 bits per heavy atom. The van der Waals surface area contributed by atoms with Crippen LogP contribution in [-0.2, 0) is 13.1 Å². The molecule has 0 amide bonds. The Morgan fingerprint density at radius 2 is 1.89 bits per heavy atom. The van der Waals surface area contributed by atoms with E-state index in [1.807, 2.05) is 4.68 Å². The second kappa shape index (κ2) is 5.31. The zero-order chi connectivity index (χ0) is 13.0. The lowest BCUT2D eigenvalue weighted by Crippen LogP contribution is -2.35. The molecule has 0 saturated carbocycles. The average Bonchev–Trinajstić information content (AvgIpc) is 2.80. The molecule has 18 heavy (non-hydrogen) atoms. The fraction of sp³-hybridized carbons (Fsp3) is 0.429. The lowest BCUT2D eigenvalue weighted by molar-refractivity contribution is 0.423. The smallest absolute Gasteiger partial charge is 0.137 e. The molecular formula is C14H20N4. The molecule has 0 atom stereocenters. The molecular weight excluding hydrogens is 224 g/mol. The van der Waals surface area contributed by atoms with E-state index < -0.39 is 0 Å². The molecule has 4 nitrogen and oxygen atoms in total. The molecule has 0 unspecified atom stereocenters. The van der Waals surface area contributed by atoms with Crippen LogP contribution in [0.2, 0.25) is 0 Å². The third-order valence-electron chi connectivity index (χ3n) is 2.73. The molecule has 0 aliphatic carbocycles. The molecule has 1 heterocycles. The van der Waals surface area contributed by atoms with E-state index in [1.165, 1.54) is 11.1 Å². The summed E-state index contributed by atoms with van der Waals surface area (Å²) in [6.45, 7) is 8.16. The van der Waals surface area contributed by atoms with Crippen LogP contribution in [0.25, 0.3) is 0 Å². The molecule has 1 aromatic carbocycles. The second-order valence-electron chi connectivity index (χ2n) is 5.47. The lowest BCUT2D eigenvalue weighted by atomic mass is 10.0. The molecule has 4 heteroatoms. The highest BCUT2D eigenvalue weighted by atomic mass is 15.3. The third kappa shape index (κ3) is 3.67. The normalized spacial score (nSPS) is 11.7. The molecule has 2 rings (SSSR count). The molecule has 0 spiro atoms. The van der Waals surface area contributed by atoms with Gasteiger partial charge in [0.2, 0.25) is 0 Å². The van der Waals surface area contributed by atoms with Crippen molar-refractivity contribution in [3.8, 4) is 0 Å². The third-order valence-corrected chi connectivity index (χ3v) is 2.73. The molecule has 1 N–H and O–H groups in total. The summed E-state index contributed by atoms with van der Waals surface area (Å²) in [6.07, 6.45) is 3.31. The SMILES string of the molecule is CC(C)(C)NCc1ccccc1Cn1cncn1. The van der Waals surface area contributed by atoms with Gasteiger partial charge < -0.3 is 5.32 Å². The van der Waals surface area contributed by atoms with Gasteiger partial charge in [0.25, 0.3) is 0 Å². The fourth-order valence-corrected chi connectivity index (χ4v) is 1.73. The van der Waals surface area contributed by atoms with E-state index in [9.17, 15) is 0 Å². The average molecular weight is 244 g/mol. The van der Waals surface area contributed by atoms with Gasteiger partial charge in [0, 0.05) is 12.1 Å². The molecule has 0 bridgehead atoms. The van der Waals surface area contributed by atoms with E-state index in [4.69, 9.17) is 0 Å². The first-order valence-electron chi connectivity index (χ1n) is 6.19. The fourth-order valence-electron chi connectivity index (χ4n) is 1.73. The quantitative estimate of drug-likeness (QED) is 0.896. The first kappa shape index (κ1) is 12.8. The van der Waals surface area contributed by atoms with Gasteiger partial charge in [-0.05, 0) is 31.9 Å². The van der Waals surface area contributed by atoms with Crippen molar-refractivity contribution in [2.75, 3.05) is 0 Å². The van der Waals surface area contributed by atoms with E-state index in [1.54, 1.807) is 12.7 Å². The molecule has 0 aliphatic heterocycles. The van der Waals surface area contributed by atoms with Crippen molar-refractivity contribution in [1.82, 2.24) is 20.1 Å². The van der Waals surface area contributed by atoms with Crippen molar-refractivity contribution in [2.24, 2.45) is 0 Å². The number of hydrogen-bond acceptors (Lipinski definition) is 3. The van der Waals surface area contributed by atoms with E-state index in [2.05, 4.69) is 60.4 Å². The predicted molar refractivity (Wildman–Crippen MR) is 72.2 cm³/mol. The van der Waals surface area contributed by atoms with E-state index in [-0.39, 0.29) is 5.54 Å². The van der Waals surface area contributed by atoms with Gasteiger partial charge in [-0.3, -0.25) is 0 Å². The van der Waals surface area contributed by atoms with Crippen LogP contribution >= 0.6 is 0 Å². The highest BCUT2D eigenvalue weighted by molar-refractivity contribution is 5.27. The van der Waals surface area contributed by atoms with Crippen LogP contribution in [0.1, 0.15) is 31.9 Å². The maximum Gasteiger partial charge on any atom is 0.137 e. The number of benzene rings is 1. The lowest BCUT2D eigenvalue weighted by Gasteiger charge is -2.21. The van der Waals surface area contributed by atoms with Gasteiger partial charge in [-0.2, -0.15) is 5.10 Å². The second-order valence-corrected chi connectivity index (χ2v) is 5.47. The zero-order valence-corrected chi connectivity index (χ0v) is 11.2. The summed E-state index contributed by atoms with van der Waals surface area (Å²) in [4.78, 5) is 3.97. The maximum atomic E-state index is 4.15. The van der Waals surface area contributed by atoms with Crippen molar-refractivity contribution < 1.29 is 0 Å². The monoisotopic (exact) mass is 244 g/mol. The summed E-state index contributed by atoms with van der Waals surface area (Å²) >= 11 is 0.